The van der Waals surface area contributed by atoms with Crippen LogP contribution >= 0.6 is 11.8 Å². The van der Waals surface area contributed by atoms with Gasteiger partial charge in [-0.25, -0.2) is 4.79 Å². The van der Waals surface area contributed by atoms with E-state index in [9.17, 15) is 53.4 Å². The Morgan fingerprint density at radius 1 is 0.652 bits per heavy atom. The molecule has 1 saturated heterocycles. The monoisotopic (exact) mass is 999 g/mol. The summed E-state index contributed by atoms with van der Waals surface area (Å²) in [4.78, 5) is 126. The third-order valence-electron chi connectivity index (χ3n) is 11.4. The molecular weight excluding hydrogens is 917 g/mol. The Labute approximate surface area is 410 Å². The lowest BCUT2D eigenvalue weighted by atomic mass is 9.98. The highest BCUT2D eigenvalue weighted by molar-refractivity contribution is 7.98. The van der Waals surface area contributed by atoms with Gasteiger partial charge in [0.2, 0.25) is 47.3 Å². The third-order valence-corrected chi connectivity index (χ3v) is 12.0. The number of rotatable bonds is 30. The third kappa shape index (κ3) is 21.5. The number of hydrogen-bond donors (Lipinski definition) is 12. The number of aliphatic hydroxyl groups is 1. The fourth-order valence-corrected chi connectivity index (χ4v) is 7.88. The van der Waals surface area contributed by atoms with Crippen LogP contribution in [-0.4, -0.2) is 160 Å². The highest BCUT2D eigenvalue weighted by Gasteiger charge is 2.40. The summed E-state index contributed by atoms with van der Waals surface area (Å²) >= 11 is 1.47. The summed E-state index contributed by atoms with van der Waals surface area (Å²) in [5.74, 6) is -7.56. The minimum absolute atomic E-state index is 0.0557. The maximum Gasteiger partial charge on any atom is 0.326 e. The van der Waals surface area contributed by atoms with Gasteiger partial charge in [-0.05, 0) is 94.5 Å². The number of aliphatic carboxylic acids is 1. The van der Waals surface area contributed by atoms with Crippen molar-refractivity contribution in [3.05, 3.63) is 0 Å². The molecule has 0 aliphatic carbocycles. The fraction of sp³-hybridized carbons (Fsp3) is 0.778. The molecule has 10 atom stereocenters. The van der Waals surface area contributed by atoms with E-state index >= 15 is 0 Å². The number of thioether (sulfide) groups is 1. The zero-order chi connectivity index (χ0) is 52.9. The van der Waals surface area contributed by atoms with Crippen molar-refractivity contribution in [2.45, 2.75) is 175 Å². The Bertz CT molecular complexity index is 1780. The van der Waals surface area contributed by atoms with Gasteiger partial charge in [-0.3, -0.25) is 43.3 Å². The lowest BCUT2D eigenvalue weighted by Crippen LogP contribution is -2.62. The molecule has 69 heavy (non-hydrogen) atoms. The molecule has 8 amide bonds. The lowest BCUT2D eigenvalue weighted by molar-refractivity contribution is -0.143. The second kappa shape index (κ2) is 30.4. The number of nitrogens with one attached hydrogen (secondary N) is 7. The van der Waals surface area contributed by atoms with E-state index in [2.05, 4.69) is 42.2 Å². The zero-order valence-electron chi connectivity index (χ0n) is 42.3. The van der Waals surface area contributed by atoms with Crippen LogP contribution in [0.4, 0.5) is 0 Å². The Kier molecular flexibility index (Phi) is 27.2. The Balaban J connectivity index is 3.33. The van der Waals surface area contributed by atoms with Gasteiger partial charge in [-0.15, -0.1) is 0 Å². The van der Waals surface area contributed by atoms with Crippen molar-refractivity contribution in [3.8, 4) is 0 Å². The van der Waals surface area contributed by atoms with E-state index in [1.165, 1.54) is 30.5 Å². The fourth-order valence-electron chi connectivity index (χ4n) is 7.41. The molecule has 1 fully saturated rings. The van der Waals surface area contributed by atoms with Gasteiger partial charge < -0.3 is 69.5 Å². The summed E-state index contributed by atoms with van der Waals surface area (Å²) in [5, 5.41) is 38.7. The van der Waals surface area contributed by atoms with Crippen LogP contribution in [0.2, 0.25) is 0 Å². The number of nitrogens with zero attached hydrogens (tertiary/aromatic N) is 2. The maximum absolute atomic E-state index is 14.0. The second-order valence-electron chi connectivity index (χ2n) is 19.2. The van der Waals surface area contributed by atoms with Crippen LogP contribution in [0.3, 0.4) is 0 Å². The van der Waals surface area contributed by atoms with Gasteiger partial charge >= 0.3 is 5.97 Å². The van der Waals surface area contributed by atoms with Crippen molar-refractivity contribution in [3.63, 3.8) is 0 Å². The Morgan fingerprint density at radius 3 is 1.68 bits per heavy atom. The molecule has 1 heterocycles. The normalized spacial score (nSPS) is 17.6. The topological polar surface area (TPSA) is 372 Å². The molecule has 1 aliphatic heterocycles. The second-order valence-corrected chi connectivity index (χ2v) is 20.2. The van der Waals surface area contributed by atoms with Gasteiger partial charge in [0.1, 0.15) is 48.3 Å². The predicted molar refractivity (Wildman–Crippen MR) is 263 cm³/mol. The first kappa shape index (κ1) is 61.8. The number of aliphatic imine (C=N–C) groups is 1. The minimum Gasteiger partial charge on any atom is -0.480 e. The number of nitrogens with two attached hydrogens (primary N) is 3. The van der Waals surface area contributed by atoms with Gasteiger partial charge in [0, 0.05) is 13.1 Å². The number of amides is 8. The summed E-state index contributed by atoms with van der Waals surface area (Å²) in [7, 11) is 0. The summed E-state index contributed by atoms with van der Waals surface area (Å²) in [6.45, 7) is 17.0. The number of likely N-dealkylation sites (tertiary alicyclic amines) is 1. The van der Waals surface area contributed by atoms with Crippen molar-refractivity contribution >= 4 is 70.9 Å². The van der Waals surface area contributed by atoms with E-state index in [0.29, 0.717) is 12.2 Å². The van der Waals surface area contributed by atoms with E-state index in [0.717, 1.165) is 0 Å². The average Bonchev–Trinajstić information content (AvgIpc) is 3.75. The first-order chi connectivity index (χ1) is 32.1. The number of carboxylic acid groups (broad SMARTS) is 1. The van der Waals surface area contributed by atoms with E-state index in [-0.39, 0.29) is 75.3 Å². The van der Waals surface area contributed by atoms with Crippen LogP contribution in [0.5, 0.6) is 0 Å². The molecule has 0 aromatic carbocycles. The van der Waals surface area contributed by atoms with E-state index in [4.69, 9.17) is 17.2 Å². The van der Waals surface area contributed by atoms with Crippen LogP contribution in [0.25, 0.3) is 0 Å². The predicted octanol–water partition coefficient (Wildman–Crippen LogP) is -1.61. The molecule has 0 saturated carbocycles. The smallest absolute Gasteiger partial charge is 0.326 e. The first-order valence-electron chi connectivity index (χ1n) is 23.8. The molecular formula is C45H82N12O11S. The summed E-state index contributed by atoms with van der Waals surface area (Å²) < 4.78 is 0. The zero-order valence-corrected chi connectivity index (χ0v) is 43.1. The number of aliphatic hydroxyl groups excluding tert-OH is 1. The molecule has 24 heteroatoms. The summed E-state index contributed by atoms with van der Waals surface area (Å²) in [5.41, 5.74) is 17.0. The molecule has 0 aromatic rings. The average molecular weight is 999 g/mol. The quantitative estimate of drug-likeness (QED) is 0.0219. The van der Waals surface area contributed by atoms with E-state index in [1.54, 1.807) is 55.4 Å². The van der Waals surface area contributed by atoms with Gasteiger partial charge in [0.25, 0.3) is 0 Å². The van der Waals surface area contributed by atoms with Crippen LogP contribution in [0, 0.1) is 23.7 Å². The molecule has 1 rings (SSSR count). The van der Waals surface area contributed by atoms with Gasteiger partial charge in [0.05, 0.1) is 12.1 Å². The van der Waals surface area contributed by atoms with Crippen LogP contribution < -0.4 is 54.4 Å². The Hall–Kier alpha value is -5.23. The molecule has 15 N–H and O–H groups in total. The molecule has 0 spiro atoms. The number of carbonyl (C=O) groups excluding carboxylic acids is 8. The van der Waals surface area contributed by atoms with Crippen LogP contribution in [0.1, 0.15) is 114 Å². The van der Waals surface area contributed by atoms with Crippen LogP contribution in [-0.2, 0) is 43.2 Å². The molecule has 0 unspecified atom stereocenters. The molecule has 394 valence electrons. The molecule has 23 nitrogen and oxygen atoms in total. The Morgan fingerprint density at radius 2 is 1.16 bits per heavy atom. The van der Waals surface area contributed by atoms with Crippen LogP contribution in [0.15, 0.2) is 4.99 Å². The molecule has 0 bridgehead atoms. The van der Waals surface area contributed by atoms with Crippen molar-refractivity contribution in [2.24, 2.45) is 45.9 Å². The molecule has 1 aliphatic rings. The van der Waals surface area contributed by atoms with Crippen molar-refractivity contribution in [2.75, 3.05) is 25.1 Å². The number of guanidine groups is 1. The van der Waals surface area contributed by atoms with Crippen molar-refractivity contribution in [1.82, 2.24) is 42.1 Å². The van der Waals surface area contributed by atoms with Crippen molar-refractivity contribution in [1.29, 1.82) is 0 Å². The van der Waals surface area contributed by atoms with Gasteiger partial charge in [-0.2, -0.15) is 11.8 Å². The number of carboxylic acids is 1. The SMILES string of the molecule is CSCC[C@H](NC(=O)[C@@H](N)C(C)C)C(=O)N[C@@H](C)C(=O)N1CCC[C@H]1C(=O)N[C@@H](CCCN=C(N)N)C(=O)N[C@H](C(=O)N[C@@H](CC(C)C)C(=O)N[C@H](C(=O)N[C@@H](CC(C)C)C(=O)O)C(C)C)[C@@H](C)O. The standard InChI is InChI=1S/C45H82N12O11S/c1-22(2)20-30(38(61)55-34(25(7)8)41(64)54-31(44(67)68)21-23(3)4)53-42(65)35(27(10)58)56-37(60)28(14-12-17-49-45(47)48)51-39(62)32-15-13-18-57(32)43(66)26(9)50-36(59)29(16-19-69-11)52-40(63)33(46)24(5)6/h22-35,58H,12-21,46H2,1-11H3,(H,50,59)(H,51,62)(H,52,63)(H,53,65)(H,54,64)(H,55,61)(H,56,60)(H,67,68)(H4,47,48,49)/t26-,27+,28-,29-,30-,31-,32-,33-,34-,35-/m0/s1. The van der Waals surface area contributed by atoms with Crippen molar-refractivity contribution < 1.29 is 53.4 Å². The number of hydrogen-bond acceptors (Lipinski definition) is 13. The molecule has 0 radical (unpaired) electrons. The van der Waals surface area contributed by atoms with E-state index < -0.39 is 120 Å². The summed E-state index contributed by atoms with van der Waals surface area (Å²) in [6, 6.07) is -10.7. The summed E-state index contributed by atoms with van der Waals surface area (Å²) in [6.07, 6.45) is 1.55. The first-order valence-corrected chi connectivity index (χ1v) is 25.2. The van der Waals surface area contributed by atoms with Gasteiger partial charge in [-0.1, -0.05) is 55.4 Å². The maximum atomic E-state index is 14.0. The largest absolute Gasteiger partial charge is 0.480 e. The highest BCUT2D eigenvalue weighted by Crippen LogP contribution is 2.20. The minimum atomic E-state index is -1.66. The number of carbonyl (C=O) groups is 9. The molecule has 0 aromatic heterocycles. The van der Waals surface area contributed by atoms with E-state index in [1.807, 2.05) is 6.26 Å². The lowest BCUT2D eigenvalue weighted by Gasteiger charge is -2.30. The highest BCUT2D eigenvalue weighted by atomic mass is 32.2. The van der Waals surface area contributed by atoms with Gasteiger partial charge in [0.15, 0.2) is 5.96 Å².